The second-order valence-electron chi connectivity index (χ2n) is 3.35. The normalized spacial score (nSPS) is 10.8. The number of imidazole rings is 1. The SMILES string of the molecule is CCn1cc(-n2cncc2CCN)cn1. The molecule has 5 nitrogen and oxygen atoms in total. The molecule has 0 unspecified atom stereocenters. The number of nitrogens with two attached hydrogens (primary N) is 1. The second kappa shape index (κ2) is 4.27. The van der Waals surface area contributed by atoms with Gasteiger partial charge in [0.15, 0.2) is 0 Å². The molecule has 2 aromatic rings. The largest absolute Gasteiger partial charge is 0.330 e. The number of aryl methyl sites for hydroxylation is 1. The van der Waals surface area contributed by atoms with Crippen molar-refractivity contribution in [2.45, 2.75) is 19.9 Å². The highest BCUT2D eigenvalue weighted by molar-refractivity contribution is 5.28. The maximum absolute atomic E-state index is 5.54. The molecule has 15 heavy (non-hydrogen) atoms. The molecule has 0 aromatic carbocycles. The van der Waals surface area contributed by atoms with Crippen LogP contribution in [-0.4, -0.2) is 25.9 Å². The molecule has 0 aliphatic heterocycles. The fourth-order valence-corrected chi connectivity index (χ4v) is 1.54. The molecule has 0 fully saturated rings. The number of hydrogen-bond acceptors (Lipinski definition) is 3. The van der Waals surface area contributed by atoms with Gasteiger partial charge >= 0.3 is 0 Å². The molecule has 2 heterocycles. The minimum absolute atomic E-state index is 0.633. The van der Waals surface area contributed by atoms with E-state index < -0.39 is 0 Å². The molecule has 0 spiro atoms. The molecule has 0 amide bonds. The zero-order chi connectivity index (χ0) is 10.7. The van der Waals surface area contributed by atoms with E-state index in [1.807, 2.05) is 27.8 Å². The van der Waals surface area contributed by atoms with Crippen LogP contribution in [0.15, 0.2) is 24.9 Å². The van der Waals surface area contributed by atoms with Crippen molar-refractivity contribution in [3.05, 3.63) is 30.6 Å². The summed E-state index contributed by atoms with van der Waals surface area (Å²) in [5, 5.41) is 4.23. The molecule has 80 valence electrons. The molecule has 0 saturated heterocycles. The Kier molecular flexibility index (Phi) is 2.82. The summed E-state index contributed by atoms with van der Waals surface area (Å²) in [6, 6.07) is 0. The van der Waals surface area contributed by atoms with E-state index in [0.29, 0.717) is 6.54 Å². The van der Waals surface area contributed by atoms with Gasteiger partial charge in [0, 0.05) is 31.1 Å². The summed E-state index contributed by atoms with van der Waals surface area (Å²) >= 11 is 0. The van der Waals surface area contributed by atoms with Gasteiger partial charge in [0.2, 0.25) is 0 Å². The Morgan fingerprint density at radius 2 is 2.27 bits per heavy atom. The molecule has 2 rings (SSSR count). The Morgan fingerprint density at radius 1 is 1.40 bits per heavy atom. The lowest BCUT2D eigenvalue weighted by Crippen LogP contribution is -2.06. The van der Waals surface area contributed by atoms with Gasteiger partial charge in [-0.3, -0.25) is 4.68 Å². The standard InChI is InChI=1S/C10H15N5/c1-2-14-7-10(6-13-14)15-8-12-5-9(15)3-4-11/h5-8H,2-4,11H2,1H3. The van der Waals surface area contributed by atoms with Crippen LogP contribution in [0.5, 0.6) is 0 Å². The Hall–Kier alpha value is -1.62. The quantitative estimate of drug-likeness (QED) is 0.794. The van der Waals surface area contributed by atoms with Crippen molar-refractivity contribution in [3.8, 4) is 5.69 Å². The molecule has 2 aromatic heterocycles. The Bertz CT molecular complexity index is 428. The van der Waals surface area contributed by atoms with E-state index in [4.69, 9.17) is 5.73 Å². The third-order valence-electron chi connectivity index (χ3n) is 2.34. The van der Waals surface area contributed by atoms with Crippen LogP contribution in [0.2, 0.25) is 0 Å². The van der Waals surface area contributed by atoms with E-state index in [2.05, 4.69) is 17.0 Å². The predicted molar refractivity (Wildman–Crippen MR) is 57.8 cm³/mol. The number of hydrogen-bond donors (Lipinski definition) is 1. The predicted octanol–water partition coefficient (Wildman–Crippen LogP) is 0.590. The minimum Gasteiger partial charge on any atom is -0.330 e. The van der Waals surface area contributed by atoms with E-state index in [9.17, 15) is 0 Å². The van der Waals surface area contributed by atoms with E-state index in [1.165, 1.54) is 0 Å². The summed E-state index contributed by atoms with van der Waals surface area (Å²) in [6.07, 6.45) is 8.31. The fourth-order valence-electron chi connectivity index (χ4n) is 1.54. The van der Waals surface area contributed by atoms with Gasteiger partial charge < -0.3 is 10.3 Å². The lowest BCUT2D eigenvalue weighted by atomic mass is 10.3. The highest BCUT2D eigenvalue weighted by atomic mass is 15.3. The number of nitrogens with zero attached hydrogens (tertiary/aromatic N) is 4. The first-order valence-corrected chi connectivity index (χ1v) is 5.09. The van der Waals surface area contributed by atoms with Gasteiger partial charge in [0.25, 0.3) is 0 Å². The van der Waals surface area contributed by atoms with Crippen molar-refractivity contribution in [1.29, 1.82) is 0 Å². The Morgan fingerprint density at radius 3 is 2.93 bits per heavy atom. The highest BCUT2D eigenvalue weighted by Gasteiger charge is 2.05. The van der Waals surface area contributed by atoms with Crippen LogP contribution in [0.3, 0.4) is 0 Å². The lowest BCUT2D eigenvalue weighted by molar-refractivity contribution is 0.659. The smallest absolute Gasteiger partial charge is 0.0995 e. The van der Waals surface area contributed by atoms with Crippen LogP contribution in [-0.2, 0) is 13.0 Å². The Balaban J connectivity index is 2.31. The molecule has 0 radical (unpaired) electrons. The maximum Gasteiger partial charge on any atom is 0.0995 e. The van der Waals surface area contributed by atoms with E-state index in [1.54, 1.807) is 6.33 Å². The van der Waals surface area contributed by atoms with Crippen molar-refractivity contribution >= 4 is 0 Å². The average molecular weight is 205 g/mol. The van der Waals surface area contributed by atoms with Gasteiger partial charge in [-0.25, -0.2) is 4.98 Å². The van der Waals surface area contributed by atoms with Gasteiger partial charge in [-0.1, -0.05) is 0 Å². The summed E-state index contributed by atoms with van der Waals surface area (Å²) in [5.74, 6) is 0. The summed E-state index contributed by atoms with van der Waals surface area (Å²) in [4.78, 5) is 4.12. The fraction of sp³-hybridized carbons (Fsp3) is 0.400. The zero-order valence-corrected chi connectivity index (χ0v) is 8.80. The third-order valence-corrected chi connectivity index (χ3v) is 2.34. The van der Waals surface area contributed by atoms with Crippen LogP contribution in [0.1, 0.15) is 12.6 Å². The molecule has 2 N–H and O–H groups in total. The van der Waals surface area contributed by atoms with Gasteiger partial charge in [-0.15, -0.1) is 0 Å². The molecule has 5 heteroatoms. The average Bonchev–Trinajstić information content (AvgIpc) is 2.85. The van der Waals surface area contributed by atoms with Crippen LogP contribution in [0.25, 0.3) is 5.69 Å². The van der Waals surface area contributed by atoms with Crippen molar-refractivity contribution in [1.82, 2.24) is 19.3 Å². The first-order valence-electron chi connectivity index (χ1n) is 5.09. The monoisotopic (exact) mass is 205 g/mol. The molecule has 0 aliphatic rings. The lowest BCUT2D eigenvalue weighted by Gasteiger charge is -2.03. The van der Waals surface area contributed by atoms with E-state index in [0.717, 1.165) is 24.3 Å². The molecule has 0 aliphatic carbocycles. The van der Waals surface area contributed by atoms with Crippen molar-refractivity contribution in [2.24, 2.45) is 5.73 Å². The minimum atomic E-state index is 0.633. The van der Waals surface area contributed by atoms with Crippen LogP contribution in [0, 0.1) is 0 Å². The van der Waals surface area contributed by atoms with Gasteiger partial charge in [-0.05, 0) is 13.5 Å². The summed E-state index contributed by atoms with van der Waals surface area (Å²) < 4.78 is 3.91. The van der Waals surface area contributed by atoms with Gasteiger partial charge in [0.1, 0.15) is 0 Å². The van der Waals surface area contributed by atoms with Crippen LogP contribution in [0.4, 0.5) is 0 Å². The number of rotatable bonds is 4. The van der Waals surface area contributed by atoms with Crippen molar-refractivity contribution < 1.29 is 0 Å². The molecule has 0 atom stereocenters. The maximum atomic E-state index is 5.54. The number of aromatic nitrogens is 4. The summed E-state index contributed by atoms with van der Waals surface area (Å²) in [5.41, 5.74) is 7.69. The van der Waals surface area contributed by atoms with Gasteiger partial charge in [0.05, 0.1) is 18.2 Å². The Labute approximate surface area is 88.5 Å². The van der Waals surface area contributed by atoms with Crippen molar-refractivity contribution in [2.75, 3.05) is 6.54 Å². The van der Waals surface area contributed by atoms with Crippen molar-refractivity contribution in [3.63, 3.8) is 0 Å². The topological polar surface area (TPSA) is 61.7 Å². The molecule has 0 bridgehead atoms. The van der Waals surface area contributed by atoms with Crippen LogP contribution >= 0.6 is 0 Å². The third kappa shape index (κ3) is 1.92. The van der Waals surface area contributed by atoms with Gasteiger partial charge in [-0.2, -0.15) is 5.10 Å². The molecular formula is C10H15N5. The molecule has 0 saturated carbocycles. The first kappa shape index (κ1) is 9.92. The zero-order valence-electron chi connectivity index (χ0n) is 8.80. The summed E-state index contributed by atoms with van der Waals surface area (Å²) in [7, 11) is 0. The highest BCUT2D eigenvalue weighted by Crippen LogP contribution is 2.10. The molecular weight excluding hydrogens is 190 g/mol. The van der Waals surface area contributed by atoms with E-state index >= 15 is 0 Å². The second-order valence-corrected chi connectivity index (χ2v) is 3.35. The van der Waals surface area contributed by atoms with E-state index in [-0.39, 0.29) is 0 Å². The summed E-state index contributed by atoms with van der Waals surface area (Å²) in [6.45, 7) is 3.57. The van der Waals surface area contributed by atoms with Crippen LogP contribution < -0.4 is 5.73 Å². The first-order chi connectivity index (χ1) is 7.35.